The van der Waals surface area contributed by atoms with Crippen molar-refractivity contribution in [3.63, 3.8) is 0 Å². The van der Waals surface area contributed by atoms with Crippen LogP contribution < -0.4 is 11.1 Å². The van der Waals surface area contributed by atoms with Gasteiger partial charge in [0.2, 0.25) is 11.9 Å². The molecule has 3 N–H and O–H groups in total. The minimum absolute atomic E-state index is 0.0812. The zero-order valence-corrected chi connectivity index (χ0v) is 11.1. The smallest absolute Gasteiger partial charge is 0.242 e. The van der Waals surface area contributed by atoms with Crippen molar-refractivity contribution < 1.29 is 4.79 Å². The SMILES string of the molecule is CCNC(=O)C(C)n1c(N)nc2c(C)nn(C)c21. The second-order valence-corrected chi connectivity index (χ2v) is 4.29. The van der Waals surface area contributed by atoms with Gasteiger partial charge in [-0.3, -0.25) is 14.0 Å². The number of nitrogens with zero attached hydrogens (tertiary/aromatic N) is 4. The standard InChI is InChI=1S/C11H18N6O/c1-5-13-9(18)7(3)17-10-8(14-11(17)12)6(2)15-16(10)4/h7H,5H2,1-4H3,(H2,12,14)(H,13,18). The number of nitrogens with one attached hydrogen (secondary N) is 1. The van der Waals surface area contributed by atoms with Gasteiger partial charge < -0.3 is 11.1 Å². The van der Waals surface area contributed by atoms with E-state index in [1.165, 1.54) is 0 Å². The zero-order chi connectivity index (χ0) is 13.4. The topological polar surface area (TPSA) is 90.8 Å². The summed E-state index contributed by atoms with van der Waals surface area (Å²) in [5, 5.41) is 7.06. The summed E-state index contributed by atoms with van der Waals surface area (Å²) in [6.07, 6.45) is 0. The normalized spacial score (nSPS) is 12.9. The van der Waals surface area contributed by atoms with Gasteiger partial charge in [-0.1, -0.05) is 0 Å². The van der Waals surface area contributed by atoms with Gasteiger partial charge in [-0.05, 0) is 20.8 Å². The van der Waals surface area contributed by atoms with E-state index in [2.05, 4.69) is 15.4 Å². The number of likely N-dealkylation sites (N-methyl/N-ethyl adjacent to an activating group) is 1. The number of anilines is 1. The summed E-state index contributed by atoms with van der Waals surface area (Å²) in [6, 6.07) is -0.412. The fourth-order valence-electron chi connectivity index (χ4n) is 2.13. The molecule has 0 spiro atoms. The van der Waals surface area contributed by atoms with Gasteiger partial charge in [0.15, 0.2) is 5.65 Å². The number of hydrogen-bond acceptors (Lipinski definition) is 4. The summed E-state index contributed by atoms with van der Waals surface area (Å²) >= 11 is 0. The Morgan fingerprint density at radius 1 is 1.56 bits per heavy atom. The molecule has 2 rings (SSSR count). The Kier molecular flexibility index (Phi) is 2.98. The van der Waals surface area contributed by atoms with Crippen molar-refractivity contribution in [3.05, 3.63) is 5.69 Å². The van der Waals surface area contributed by atoms with Crippen molar-refractivity contribution in [3.8, 4) is 0 Å². The first-order chi connectivity index (χ1) is 8.47. The Balaban J connectivity index is 2.56. The van der Waals surface area contributed by atoms with E-state index >= 15 is 0 Å². The van der Waals surface area contributed by atoms with Crippen LogP contribution in [-0.4, -0.2) is 31.8 Å². The first kappa shape index (κ1) is 12.4. The highest BCUT2D eigenvalue weighted by Crippen LogP contribution is 2.24. The number of carbonyl (C=O) groups excluding carboxylic acids is 1. The molecule has 2 aromatic rings. The van der Waals surface area contributed by atoms with E-state index in [-0.39, 0.29) is 5.91 Å². The van der Waals surface area contributed by atoms with Crippen LogP contribution in [0.3, 0.4) is 0 Å². The Hall–Kier alpha value is -2.05. The number of amides is 1. The predicted molar refractivity (Wildman–Crippen MR) is 69.0 cm³/mol. The van der Waals surface area contributed by atoms with Gasteiger partial charge in [-0.25, -0.2) is 4.98 Å². The molecule has 1 atom stereocenters. The molecule has 1 amide bonds. The van der Waals surface area contributed by atoms with Crippen LogP contribution in [0.15, 0.2) is 0 Å². The highest BCUT2D eigenvalue weighted by Gasteiger charge is 2.23. The fraction of sp³-hybridized carbons (Fsp3) is 0.545. The molecule has 0 saturated carbocycles. The molecule has 2 aromatic heterocycles. The molecule has 0 aliphatic rings. The number of aryl methyl sites for hydroxylation is 2. The van der Waals surface area contributed by atoms with E-state index in [9.17, 15) is 4.79 Å². The number of fused-ring (bicyclic) bond motifs is 1. The minimum Gasteiger partial charge on any atom is -0.369 e. The van der Waals surface area contributed by atoms with Crippen molar-refractivity contribution in [2.24, 2.45) is 7.05 Å². The van der Waals surface area contributed by atoms with Gasteiger partial charge in [0.05, 0.1) is 5.69 Å². The third kappa shape index (κ3) is 1.71. The summed E-state index contributed by atoms with van der Waals surface area (Å²) in [4.78, 5) is 16.2. The summed E-state index contributed by atoms with van der Waals surface area (Å²) in [7, 11) is 1.82. The molecule has 7 nitrogen and oxygen atoms in total. The van der Waals surface area contributed by atoms with Crippen LogP contribution in [0.5, 0.6) is 0 Å². The number of nitrogen functional groups attached to an aromatic ring is 1. The second-order valence-electron chi connectivity index (χ2n) is 4.29. The predicted octanol–water partition coefficient (Wildman–Crippen LogP) is 0.358. The Labute approximate surface area is 105 Å². The molecule has 98 valence electrons. The molecule has 0 radical (unpaired) electrons. The number of aromatic nitrogens is 4. The van der Waals surface area contributed by atoms with Crippen molar-refractivity contribution in [1.82, 2.24) is 24.6 Å². The van der Waals surface area contributed by atoms with E-state index in [4.69, 9.17) is 5.73 Å². The molecule has 0 saturated heterocycles. The van der Waals surface area contributed by atoms with Gasteiger partial charge in [0.25, 0.3) is 0 Å². The molecular weight excluding hydrogens is 232 g/mol. The summed E-state index contributed by atoms with van der Waals surface area (Å²) in [5.74, 6) is 0.252. The third-order valence-electron chi connectivity index (χ3n) is 2.98. The average molecular weight is 250 g/mol. The molecule has 0 aromatic carbocycles. The average Bonchev–Trinajstić information content (AvgIpc) is 2.77. The number of imidazole rings is 1. The lowest BCUT2D eigenvalue weighted by molar-refractivity contribution is -0.123. The van der Waals surface area contributed by atoms with Crippen molar-refractivity contribution in [2.75, 3.05) is 12.3 Å². The number of hydrogen-bond donors (Lipinski definition) is 2. The van der Waals surface area contributed by atoms with E-state index in [1.54, 1.807) is 16.2 Å². The number of rotatable bonds is 3. The van der Waals surface area contributed by atoms with Gasteiger partial charge >= 0.3 is 0 Å². The van der Waals surface area contributed by atoms with Gasteiger partial charge in [0.1, 0.15) is 11.6 Å². The quantitative estimate of drug-likeness (QED) is 0.822. The van der Waals surface area contributed by atoms with E-state index in [1.807, 2.05) is 20.9 Å². The monoisotopic (exact) mass is 250 g/mol. The maximum absolute atomic E-state index is 11.9. The molecule has 18 heavy (non-hydrogen) atoms. The van der Waals surface area contributed by atoms with E-state index < -0.39 is 6.04 Å². The van der Waals surface area contributed by atoms with E-state index in [0.717, 1.165) is 16.9 Å². The molecule has 0 aliphatic heterocycles. The maximum Gasteiger partial charge on any atom is 0.242 e. The van der Waals surface area contributed by atoms with Crippen LogP contribution in [-0.2, 0) is 11.8 Å². The maximum atomic E-state index is 11.9. The Morgan fingerprint density at radius 3 is 2.83 bits per heavy atom. The second kappa shape index (κ2) is 4.32. The van der Waals surface area contributed by atoms with Crippen molar-refractivity contribution in [1.29, 1.82) is 0 Å². The first-order valence-electron chi connectivity index (χ1n) is 5.92. The molecule has 0 fully saturated rings. The molecule has 7 heteroatoms. The van der Waals surface area contributed by atoms with Crippen LogP contribution in [0.1, 0.15) is 25.6 Å². The summed E-state index contributed by atoms with van der Waals surface area (Å²) in [5.41, 5.74) is 8.22. The molecular formula is C11H18N6O. The largest absolute Gasteiger partial charge is 0.369 e. The lowest BCUT2D eigenvalue weighted by Gasteiger charge is -2.15. The van der Waals surface area contributed by atoms with Crippen LogP contribution in [0.25, 0.3) is 11.2 Å². The van der Waals surface area contributed by atoms with Crippen LogP contribution in [0, 0.1) is 6.92 Å². The Morgan fingerprint density at radius 2 is 2.22 bits per heavy atom. The molecule has 0 bridgehead atoms. The summed E-state index contributed by atoms with van der Waals surface area (Å²) in [6.45, 7) is 6.14. The van der Waals surface area contributed by atoms with E-state index in [0.29, 0.717) is 12.5 Å². The van der Waals surface area contributed by atoms with Crippen LogP contribution >= 0.6 is 0 Å². The van der Waals surface area contributed by atoms with Gasteiger partial charge in [0, 0.05) is 13.6 Å². The minimum atomic E-state index is -0.412. The first-order valence-corrected chi connectivity index (χ1v) is 5.92. The highest BCUT2D eigenvalue weighted by atomic mass is 16.2. The van der Waals surface area contributed by atoms with Crippen molar-refractivity contribution in [2.45, 2.75) is 26.8 Å². The Bertz CT molecular complexity index is 596. The highest BCUT2D eigenvalue weighted by molar-refractivity contribution is 5.85. The van der Waals surface area contributed by atoms with Crippen LogP contribution in [0.2, 0.25) is 0 Å². The van der Waals surface area contributed by atoms with Crippen molar-refractivity contribution >= 4 is 23.0 Å². The fourth-order valence-corrected chi connectivity index (χ4v) is 2.13. The number of carbonyl (C=O) groups is 1. The number of nitrogens with two attached hydrogens (primary N) is 1. The lowest BCUT2D eigenvalue weighted by Crippen LogP contribution is -2.31. The third-order valence-corrected chi connectivity index (χ3v) is 2.98. The van der Waals surface area contributed by atoms with Crippen LogP contribution in [0.4, 0.5) is 5.95 Å². The van der Waals surface area contributed by atoms with Gasteiger partial charge in [-0.2, -0.15) is 5.10 Å². The lowest BCUT2D eigenvalue weighted by atomic mass is 10.3. The molecule has 0 aliphatic carbocycles. The molecule has 1 unspecified atom stereocenters. The zero-order valence-electron chi connectivity index (χ0n) is 11.1. The summed E-state index contributed by atoms with van der Waals surface area (Å²) < 4.78 is 3.41. The molecule has 2 heterocycles. The van der Waals surface area contributed by atoms with Gasteiger partial charge in [-0.15, -0.1) is 0 Å².